The van der Waals surface area contributed by atoms with Crippen LogP contribution in [0.1, 0.15) is 60.8 Å². The van der Waals surface area contributed by atoms with Gasteiger partial charge in [0.25, 0.3) is 0 Å². The van der Waals surface area contributed by atoms with Gasteiger partial charge in [0.2, 0.25) is 5.91 Å². The van der Waals surface area contributed by atoms with E-state index in [9.17, 15) is 4.79 Å². The molecule has 0 bridgehead atoms. The van der Waals surface area contributed by atoms with Crippen molar-refractivity contribution in [1.82, 2.24) is 19.3 Å². The summed E-state index contributed by atoms with van der Waals surface area (Å²) in [6.07, 6.45) is 14.8. The molecular formula is C24H30N4O. The third-order valence-corrected chi connectivity index (χ3v) is 5.97. The van der Waals surface area contributed by atoms with E-state index in [1.807, 2.05) is 41.1 Å². The molecule has 4 rings (SSSR count). The molecule has 0 radical (unpaired) electrons. The molecular weight excluding hydrogens is 360 g/mol. The van der Waals surface area contributed by atoms with Crippen molar-refractivity contribution in [3.8, 4) is 0 Å². The number of carbonyl (C=O) groups excluding carboxylic acids is 1. The number of imidazole rings is 1. The van der Waals surface area contributed by atoms with Gasteiger partial charge in [-0.1, -0.05) is 25.3 Å². The van der Waals surface area contributed by atoms with Crippen LogP contribution in [0.2, 0.25) is 0 Å². The van der Waals surface area contributed by atoms with Crippen molar-refractivity contribution < 1.29 is 4.79 Å². The highest BCUT2D eigenvalue weighted by Crippen LogP contribution is 2.32. The van der Waals surface area contributed by atoms with Crippen molar-refractivity contribution in [1.29, 1.82) is 0 Å². The number of hydrogen-bond donors (Lipinski definition) is 1. The van der Waals surface area contributed by atoms with Crippen molar-refractivity contribution >= 4 is 17.6 Å². The number of fused-ring (bicyclic) bond motifs is 1. The van der Waals surface area contributed by atoms with Gasteiger partial charge in [-0.05, 0) is 56.5 Å². The molecule has 0 unspecified atom stereocenters. The second-order valence-corrected chi connectivity index (χ2v) is 8.06. The summed E-state index contributed by atoms with van der Waals surface area (Å²) in [6.45, 7) is 4.92. The molecule has 0 saturated heterocycles. The molecule has 1 aliphatic rings. The van der Waals surface area contributed by atoms with E-state index in [1.165, 1.54) is 43.5 Å². The van der Waals surface area contributed by atoms with Gasteiger partial charge in [0.15, 0.2) is 0 Å². The lowest BCUT2D eigenvalue weighted by Gasteiger charge is -2.26. The molecule has 5 heteroatoms. The first-order valence-corrected chi connectivity index (χ1v) is 10.7. The molecule has 0 atom stereocenters. The zero-order valence-corrected chi connectivity index (χ0v) is 17.4. The van der Waals surface area contributed by atoms with E-state index in [4.69, 9.17) is 0 Å². The maximum atomic E-state index is 12.3. The Kier molecular flexibility index (Phi) is 5.84. The van der Waals surface area contributed by atoms with Crippen LogP contribution in [0.4, 0.5) is 0 Å². The molecule has 152 valence electrons. The van der Waals surface area contributed by atoms with Gasteiger partial charge in [0.05, 0.1) is 5.69 Å². The predicted octanol–water partition coefficient (Wildman–Crippen LogP) is 4.63. The SMILES string of the molecule is Cc1cc(/C=C/C(=O)NCCc2cn3ccccc3n2)c(C)n1C1CCCCC1. The average Bonchev–Trinajstić information content (AvgIpc) is 3.26. The maximum Gasteiger partial charge on any atom is 0.244 e. The fourth-order valence-corrected chi connectivity index (χ4v) is 4.52. The summed E-state index contributed by atoms with van der Waals surface area (Å²) in [6, 6.07) is 8.75. The molecule has 3 aromatic rings. The number of aryl methyl sites for hydroxylation is 1. The summed E-state index contributed by atoms with van der Waals surface area (Å²) in [5, 5.41) is 2.97. The minimum absolute atomic E-state index is 0.0590. The third-order valence-electron chi connectivity index (χ3n) is 5.97. The standard InChI is InChI=1S/C24H30N4O/c1-18-16-20(19(2)28(18)22-8-4-3-5-9-22)11-12-24(29)25-14-13-21-17-27-15-7-6-10-23(27)26-21/h6-7,10-12,15-17,22H,3-5,8-9,13-14H2,1-2H3,(H,25,29)/b12-11+. The van der Waals surface area contributed by atoms with E-state index in [0.717, 1.165) is 23.3 Å². The van der Waals surface area contributed by atoms with Gasteiger partial charge in [0, 0.05) is 48.9 Å². The number of hydrogen-bond acceptors (Lipinski definition) is 2. The van der Waals surface area contributed by atoms with Crippen LogP contribution in [0.15, 0.2) is 42.7 Å². The molecule has 1 fully saturated rings. The Morgan fingerprint density at radius 2 is 2.07 bits per heavy atom. The van der Waals surface area contributed by atoms with E-state index in [-0.39, 0.29) is 5.91 Å². The minimum Gasteiger partial charge on any atom is -0.352 e. The van der Waals surface area contributed by atoms with Crippen LogP contribution in [0, 0.1) is 13.8 Å². The summed E-state index contributed by atoms with van der Waals surface area (Å²) in [5.74, 6) is -0.0590. The van der Waals surface area contributed by atoms with Crippen LogP contribution in [-0.4, -0.2) is 26.4 Å². The first kappa shape index (κ1) is 19.5. The molecule has 3 heterocycles. The summed E-state index contributed by atoms with van der Waals surface area (Å²) in [5.41, 5.74) is 5.62. The molecule has 0 aromatic carbocycles. The van der Waals surface area contributed by atoms with Gasteiger partial charge in [0.1, 0.15) is 5.65 Å². The molecule has 0 spiro atoms. The van der Waals surface area contributed by atoms with Gasteiger partial charge < -0.3 is 14.3 Å². The topological polar surface area (TPSA) is 51.3 Å². The molecule has 5 nitrogen and oxygen atoms in total. The van der Waals surface area contributed by atoms with Crippen molar-refractivity contribution in [2.24, 2.45) is 0 Å². The van der Waals surface area contributed by atoms with E-state index >= 15 is 0 Å². The normalized spacial score (nSPS) is 15.4. The van der Waals surface area contributed by atoms with Crippen LogP contribution in [0.25, 0.3) is 11.7 Å². The summed E-state index contributed by atoms with van der Waals surface area (Å²) in [4.78, 5) is 16.8. The van der Waals surface area contributed by atoms with E-state index in [1.54, 1.807) is 6.08 Å². The number of carbonyl (C=O) groups is 1. The number of aromatic nitrogens is 3. The summed E-state index contributed by atoms with van der Waals surface area (Å²) in [7, 11) is 0. The van der Waals surface area contributed by atoms with Crippen molar-refractivity contribution in [2.45, 2.75) is 58.4 Å². The monoisotopic (exact) mass is 390 g/mol. The van der Waals surface area contributed by atoms with Gasteiger partial charge in [-0.3, -0.25) is 4.79 Å². The second kappa shape index (κ2) is 8.68. The molecule has 1 amide bonds. The fraction of sp³-hybridized carbons (Fsp3) is 0.417. The van der Waals surface area contributed by atoms with Crippen molar-refractivity contribution in [3.63, 3.8) is 0 Å². The van der Waals surface area contributed by atoms with Gasteiger partial charge in [-0.2, -0.15) is 0 Å². The first-order valence-electron chi connectivity index (χ1n) is 10.7. The van der Waals surface area contributed by atoms with Gasteiger partial charge in [-0.15, -0.1) is 0 Å². The van der Waals surface area contributed by atoms with Crippen LogP contribution in [0.3, 0.4) is 0 Å². The van der Waals surface area contributed by atoms with E-state index < -0.39 is 0 Å². The van der Waals surface area contributed by atoms with Crippen LogP contribution in [-0.2, 0) is 11.2 Å². The molecule has 29 heavy (non-hydrogen) atoms. The second-order valence-electron chi connectivity index (χ2n) is 8.06. The largest absolute Gasteiger partial charge is 0.352 e. The highest BCUT2D eigenvalue weighted by atomic mass is 16.1. The smallest absolute Gasteiger partial charge is 0.244 e. The Balaban J connectivity index is 1.33. The first-order chi connectivity index (χ1) is 14.1. The van der Waals surface area contributed by atoms with E-state index in [2.05, 4.69) is 34.8 Å². The zero-order chi connectivity index (χ0) is 20.2. The Bertz CT molecular complexity index is 988. The number of pyridine rings is 1. The molecule has 0 aliphatic heterocycles. The number of nitrogens with zero attached hydrogens (tertiary/aromatic N) is 3. The molecule has 1 saturated carbocycles. The number of nitrogens with one attached hydrogen (secondary N) is 1. The van der Waals surface area contributed by atoms with Crippen LogP contribution in [0.5, 0.6) is 0 Å². The van der Waals surface area contributed by atoms with Crippen molar-refractivity contribution in [3.05, 3.63) is 65.4 Å². The lowest BCUT2D eigenvalue weighted by atomic mass is 9.95. The molecule has 1 N–H and O–H groups in total. The lowest BCUT2D eigenvalue weighted by Crippen LogP contribution is -2.23. The number of rotatable bonds is 6. The van der Waals surface area contributed by atoms with Gasteiger partial charge in [-0.25, -0.2) is 4.98 Å². The third kappa shape index (κ3) is 4.44. The quantitative estimate of drug-likeness (QED) is 0.624. The highest BCUT2D eigenvalue weighted by molar-refractivity contribution is 5.91. The minimum atomic E-state index is -0.0590. The Hall–Kier alpha value is -2.82. The van der Waals surface area contributed by atoms with Crippen molar-refractivity contribution in [2.75, 3.05) is 6.54 Å². The zero-order valence-electron chi connectivity index (χ0n) is 17.4. The molecule has 1 aliphatic carbocycles. The Morgan fingerprint density at radius 3 is 2.86 bits per heavy atom. The fourth-order valence-electron chi connectivity index (χ4n) is 4.52. The number of amides is 1. The lowest BCUT2D eigenvalue weighted by molar-refractivity contribution is -0.116. The Morgan fingerprint density at radius 1 is 1.24 bits per heavy atom. The Labute approximate surface area is 172 Å². The molecule has 3 aromatic heterocycles. The average molecular weight is 391 g/mol. The van der Waals surface area contributed by atoms with Crippen LogP contribution >= 0.6 is 0 Å². The highest BCUT2D eigenvalue weighted by Gasteiger charge is 2.19. The maximum absolute atomic E-state index is 12.3. The van der Waals surface area contributed by atoms with Crippen LogP contribution < -0.4 is 5.32 Å². The summed E-state index contributed by atoms with van der Waals surface area (Å²) >= 11 is 0. The summed E-state index contributed by atoms with van der Waals surface area (Å²) < 4.78 is 4.47. The predicted molar refractivity (Wildman–Crippen MR) is 117 cm³/mol. The van der Waals surface area contributed by atoms with Gasteiger partial charge >= 0.3 is 0 Å². The van der Waals surface area contributed by atoms with E-state index in [0.29, 0.717) is 12.6 Å².